The molecule has 2 amide bonds. The van der Waals surface area contributed by atoms with E-state index in [0.717, 1.165) is 56.8 Å². The van der Waals surface area contributed by atoms with Crippen molar-refractivity contribution in [2.45, 2.75) is 71.6 Å². The number of anilines is 2. The molecular weight excluding hydrogens is 350 g/mol. The fourth-order valence-corrected chi connectivity index (χ4v) is 3.57. The van der Waals surface area contributed by atoms with Gasteiger partial charge in [0.05, 0.1) is 0 Å². The SMILES string of the molecule is CCCCCCCC(=O)N1CCN(c2ccc(NC(=O)CCCC)cc2)CC1. The maximum absolute atomic E-state index is 12.4. The molecule has 0 radical (unpaired) electrons. The van der Waals surface area contributed by atoms with Crippen LogP contribution in [0.5, 0.6) is 0 Å². The minimum atomic E-state index is 0.0800. The van der Waals surface area contributed by atoms with Crippen LogP contribution in [-0.4, -0.2) is 42.9 Å². The van der Waals surface area contributed by atoms with E-state index in [-0.39, 0.29) is 5.91 Å². The Labute approximate surface area is 170 Å². The van der Waals surface area contributed by atoms with Gasteiger partial charge in [-0.1, -0.05) is 46.0 Å². The Morgan fingerprint density at radius 2 is 1.46 bits per heavy atom. The summed E-state index contributed by atoms with van der Waals surface area (Å²) in [6, 6.07) is 8.04. The van der Waals surface area contributed by atoms with E-state index in [1.54, 1.807) is 0 Å². The Hall–Kier alpha value is -2.04. The molecule has 5 heteroatoms. The van der Waals surface area contributed by atoms with Crippen LogP contribution >= 0.6 is 0 Å². The van der Waals surface area contributed by atoms with E-state index in [1.807, 2.05) is 17.0 Å². The average Bonchev–Trinajstić information content (AvgIpc) is 2.72. The van der Waals surface area contributed by atoms with Crippen molar-refractivity contribution in [3.05, 3.63) is 24.3 Å². The zero-order valence-electron chi connectivity index (χ0n) is 17.7. The number of carbonyl (C=O) groups is 2. The molecule has 0 atom stereocenters. The van der Waals surface area contributed by atoms with Crippen LogP contribution in [0.1, 0.15) is 71.6 Å². The third-order valence-corrected chi connectivity index (χ3v) is 5.40. The number of amides is 2. The molecule has 1 aliphatic rings. The molecule has 1 aromatic rings. The molecule has 0 unspecified atom stereocenters. The standard InChI is InChI=1S/C23H37N3O2/c1-3-5-7-8-9-11-23(28)26-18-16-25(17-19-26)21-14-12-20(13-15-21)24-22(27)10-6-4-2/h12-15H,3-11,16-19H2,1-2H3,(H,24,27). The summed E-state index contributed by atoms with van der Waals surface area (Å²) in [4.78, 5) is 28.5. The molecule has 1 aliphatic heterocycles. The quantitative estimate of drug-likeness (QED) is 0.554. The summed E-state index contributed by atoms with van der Waals surface area (Å²) in [7, 11) is 0. The largest absolute Gasteiger partial charge is 0.368 e. The Kier molecular flexibility index (Phi) is 9.87. The summed E-state index contributed by atoms with van der Waals surface area (Å²) in [5.41, 5.74) is 2.00. The van der Waals surface area contributed by atoms with E-state index >= 15 is 0 Å². The minimum absolute atomic E-state index is 0.0800. The average molecular weight is 388 g/mol. The Bertz CT molecular complexity index is 592. The van der Waals surface area contributed by atoms with Crippen LogP contribution in [0.3, 0.4) is 0 Å². The number of hydrogen-bond donors (Lipinski definition) is 1. The van der Waals surface area contributed by atoms with Crippen LogP contribution < -0.4 is 10.2 Å². The van der Waals surface area contributed by atoms with Crippen molar-refractivity contribution in [1.29, 1.82) is 0 Å². The van der Waals surface area contributed by atoms with Crippen molar-refractivity contribution in [2.75, 3.05) is 36.4 Å². The number of carbonyl (C=O) groups excluding carboxylic acids is 2. The minimum Gasteiger partial charge on any atom is -0.368 e. The molecule has 1 saturated heterocycles. The van der Waals surface area contributed by atoms with E-state index in [4.69, 9.17) is 0 Å². The van der Waals surface area contributed by atoms with Gasteiger partial charge >= 0.3 is 0 Å². The second-order valence-corrected chi connectivity index (χ2v) is 7.73. The molecule has 0 saturated carbocycles. The Morgan fingerprint density at radius 1 is 0.821 bits per heavy atom. The Morgan fingerprint density at radius 3 is 2.11 bits per heavy atom. The number of hydrogen-bond acceptors (Lipinski definition) is 3. The fraction of sp³-hybridized carbons (Fsp3) is 0.652. The van der Waals surface area contributed by atoms with E-state index in [9.17, 15) is 9.59 Å². The first-order valence-electron chi connectivity index (χ1n) is 11.1. The number of benzene rings is 1. The lowest BCUT2D eigenvalue weighted by molar-refractivity contribution is -0.131. The van der Waals surface area contributed by atoms with Crippen LogP contribution in [0, 0.1) is 0 Å². The molecule has 28 heavy (non-hydrogen) atoms. The molecule has 1 heterocycles. The van der Waals surface area contributed by atoms with Crippen LogP contribution in [-0.2, 0) is 9.59 Å². The second kappa shape index (κ2) is 12.4. The first-order chi connectivity index (χ1) is 13.6. The molecule has 0 aromatic heterocycles. The van der Waals surface area contributed by atoms with Gasteiger partial charge in [0, 0.05) is 50.4 Å². The lowest BCUT2D eigenvalue weighted by Gasteiger charge is -2.36. The van der Waals surface area contributed by atoms with Gasteiger partial charge in [0.25, 0.3) is 0 Å². The molecule has 1 N–H and O–H groups in total. The maximum atomic E-state index is 12.4. The van der Waals surface area contributed by atoms with E-state index < -0.39 is 0 Å². The molecule has 5 nitrogen and oxygen atoms in total. The van der Waals surface area contributed by atoms with Crippen molar-refractivity contribution in [3.63, 3.8) is 0 Å². The number of rotatable bonds is 11. The fourth-order valence-electron chi connectivity index (χ4n) is 3.57. The van der Waals surface area contributed by atoms with Crippen molar-refractivity contribution >= 4 is 23.2 Å². The predicted molar refractivity (Wildman–Crippen MR) is 117 cm³/mol. The van der Waals surface area contributed by atoms with Crippen LogP contribution in [0.15, 0.2) is 24.3 Å². The van der Waals surface area contributed by atoms with Gasteiger partial charge in [0.2, 0.25) is 11.8 Å². The molecule has 0 bridgehead atoms. The van der Waals surface area contributed by atoms with Gasteiger partial charge in [-0.05, 0) is 37.1 Å². The highest BCUT2D eigenvalue weighted by Gasteiger charge is 2.20. The highest BCUT2D eigenvalue weighted by molar-refractivity contribution is 5.90. The number of unbranched alkanes of at least 4 members (excludes halogenated alkanes) is 5. The topological polar surface area (TPSA) is 52.7 Å². The number of nitrogens with zero attached hydrogens (tertiary/aromatic N) is 2. The van der Waals surface area contributed by atoms with Gasteiger partial charge in [-0.25, -0.2) is 0 Å². The normalized spacial score (nSPS) is 14.2. The zero-order valence-corrected chi connectivity index (χ0v) is 17.7. The Balaban J connectivity index is 1.72. The molecule has 2 rings (SSSR count). The monoisotopic (exact) mass is 387 g/mol. The summed E-state index contributed by atoms with van der Waals surface area (Å²) in [6.07, 6.45) is 9.16. The molecule has 0 spiro atoms. The van der Waals surface area contributed by atoms with Crippen molar-refractivity contribution in [2.24, 2.45) is 0 Å². The summed E-state index contributed by atoms with van der Waals surface area (Å²) in [5.74, 6) is 0.387. The van der Waals surface area contributed by atoms with Crippen molar-refractivity contribution in [3.8, 4) is 0 Å². The second-order valence-electron chi connectivity index (χ2n) is 7.73. The molecule has 0 aliphatic carbocycles. The molecule has 156 valence electrons. The van der Waals surface area contributed by atoms with Gasteiger partial charge in [0.1, 0.15) is 0 Å². The maximum Gasteiger partial charge on any atom is 0.224 e. The van der Waals surface area contributed by atoms with Crippen molar-refractivity contribution in [1.82, 2.24) is 4.90 Å². The van der Waals surface area contributed by atoms with Gasteiger partial charge in [-0.2, -0.15) is 0 Å². The van der Waals surface area contributed by atoms with Crippen molar-refractivity contribution < 1.29 is 9.59 Å². The van der Waals surface area contributed by atoms with Crippen LogP contribution in [0.25, 0.3) is 0 Å². The summed E-state index contributed by atoms with van der Waals surface area (Å²) >= 11 is 0. The molecule has 1 aromatic carbocycles. The third kappa shape index (κ3) is 7.53. The zero-order chi connectivity index (χ0) is 20.2. The van der Waals surface area contributed by atoms with Gasteiger partial charge in [0.15, 0.2) is 0 Å². The highest BCUT2D eigenvalue weighted by atomic mass is 16.2. The smallest absolute Gasteiger partial charge is 0.224 e. The summed E-state index contributed by atoms with van der Waals surface area (Å²) in [6.45, 7) is 7.62. The van der Waals surface area contributed by atoms with E-state index in [1.165, 1.54) is 25.7 Å². The van der Waals surface area contributed by atoms with Gasteiger partial charge in [-0.15, -0.1) is 0 Å². The first kappa shape index (κ1) is 22.3. The first-order valence-corrected chi connectivity index (χ1v) is 11.1. The van der Waals surface area contributed by atoms with Gasteiger partial charge < -0.3 is 15.1 Å². The van der Waals surface area contributed by atoms with Crippen LogP contribution in [0.4, 0.5) is 11.4 Å². The summed E-state index contributed by atoms with van der Waals surface area (Å²) in [5, 5.41) is 2.95. The molecule has 1 fully saturated rings. The lowest BCUT2D eigenvalue weighted by atomic mass is 10.1. The third-order valence-electron chi connectivity index (χ3n) is 5.40. The lowest BCUT2D eigenvalue weighted by Crippen LogP contribution is -2.48. The predicted octanol–water partition coefficient (Wildman–Crippen LogP) is 4.82. The van der Waals surface area contributed by atoms with E-state index in [0.29, 0.717) is 18.7 Å². The van der Waals surface area contributed by atoms with E-state index in [2.05, 4.69) is 36.2 Å². The number of nitrogens with one attached hydrogen (secondary N) is 1. The molecular formula is C23H37N3O2. The summed E-state index contributed by atoms with van der Waals surface area (Å²) < 4.78 is 0. The van der Waals surface area contributed by atoms with Gasteiger partial charge in [-0.3, -0.25) is 9.59 Å². The highest BCUT2D eigenvalue weighted by Crippen LogP contribution is 2.20. The van der Waals surface area contributed by atoms with Crippen LogP contribution in [0.2, 0.25) is 0 Å². The number of piperazine rings is 1.